The van der Waals surface area contributed by atoms with Gasteiger partial charge in [-0.2, -0.15) is 0 Å². The van der Waals surface area contributed by atoms with Crippen LogP contribution in [0.25, 0.3) is 0 Å². The van der Waals surface area contributed by atoms with Gasteiger partial charge in [-0.25, -0.2) is 0 Å². The van der Waals surface area contributed by atoms with E-state index in [0.717, 1.165) is 0 Å². The van der Waals surface area contributed by atoms with Crippen molar-refractivity contribution in [2.24, 2.45) is 5.73 Å². The summed E-state index contributed by atoms with van der Waals surface area (Å²) in [6.45, 7) is 1.85. The van der Waals surface area contributed by atoms with Crippen molar-refractivity contribution < 1.29 is 14.3 Å². The number of amides is 1. The summed E-state index contributed by atoms with van der Waals surface area (Å²) < 4.78 is 10.3. The third-order valence-corrected chi connectivity index (χ3v) is 2.05. The molecule has 0 spiro atoms. The Morgan fingerprint density at radius 1 is 1.44 bits per heavy atom. The maximum atomic E-state index is 11.3. The van der Waals surface area contributed by atoms with E-state index in [-0.39, 0.29) is 25.1 Å². The van der Waals surface area contributed by atoms with Crippen LogP contribution in [0, 0.1) is 0 Å². The molecular weight excluding hydrogens is 232 g/mol. The molecule has 0 fully saturated rings. The van der Waals surface area contributed by atoms with E-state index in [9.17, 15) is 4.79 Å². The van der Waals surface area contributed by atoms with Crippen LogP contribution in [-0.4, -0.2) is 18.7 Å². The molecule has 3 N–H and O–H groups in total. The Kier molecular flexibility index (Phi) is 3.98. The lowest BCUT2D eigenvalue weighted by molar-refractivity contribution is -0.117. The van der Waals surface area contributed by atoms with Crippen LogP contribution in [-0.2, 0) is 4.79 Å². The number of nitrogens with two attached hydrogens (primary N) is 1. The smallest absolute Gasteiger partial charge is 0.241 e. The van der Waals surface area contributed by atoms with Crippen LogP contribution in [0.3, 0.4) is 0 Å². The van der Waals surface area contributed by atoms with Crippen LogP contribution in [0.2, 0.25) is 0 Å². The first kappa shape index (κ1) is 12.6. The Hall–Kier alpha value is -1.46. The van der Waals surface area contributed by atoms with Gasteiger partial charge in [0.25, 0.3) is 0 Å². The van der Waals surface area contributed by atoms with Crippen molar-refractivity contribution in [1.82, 2.24) is 0 Å². The van der Waals surface area contributed by atoms with Crippen molar-refractivity contribution >= 4 is 24.0 Å². The molecule has 1 aliphatic heterocycles. The molecule has 1 aromatic carbocycles. The average Bonchev–Trinajstić information content (AvgIpc) is 2.64. The van der Waals surface area contributed by atoms with Gasteiger partial charge in [0.05, 0.1) is 6.04 Å². The lowest BCUT2D eigenvalue weighted by Crippen LogP contribution is -2.32. The summed E-state index contributed by atoms with van der Waals surface area (Å²) in [5.41, 5.74) is 6.08. The van der Waals surface area contributed by atoms with Gasteiger partial charge in [-0.3, -0.25) is 4.79 Å². The fourth-order valence-corrected chi connectivity index (χ4v) is 1.23. The van der Waals surface area contributed by atoms with E-state index < -0.39 is 6.04 Å². The minimum atomic E-state index is -0.532. The fraction of sp³-hybridized carbons (Fsp3) is 0.300. The van der Waals surface area contributed by atoms with Gasteiger partial charge >= 0.3 is 0 Å². The first-order valence-electron chi connectivity index (χ1n) is 4.63. The number of nitrogens with one attached hydrogen (secondary N) is 1. The Bertz CT molecular complexity index is 396. The van der Waals surface area contributed by atoms with E-state index in [0.29, 0.717) is 17.2 Å². The molecule has 0 unspecified atom stereocenters. The molecular formula is C10H13ClN2O3. The Morgan fingerprint density at radius 3 is 2.81 bits per heavy atom. The highest BCUT2D eigenvalue weighted by Gasteiger charge is 2.14. The fourth-order valence-electron chi connectivity index (χ4n) is 1.23. The van der Waals surface area contributed by atoms with E-state index in [1.165, 1.54) is 0 Å². The van der Waals surface area contributed by atoms with Crippen LogP contribution in [0.1, 0.15) is 6.92 Å². The summed E-state index contributed by atoms with van der Waals surface area (Å²) in [6, 6.07) is 4.67. The van der Waals surface area contributed by atoms with E-state index in [1.54, 1.807) is 25.1 Å². The highest BCUT2D eigenvalue weighted by Crippen LogP contribution is 2.34. The molecule has 16 heavy (non-hydrogen) atoms. The van der Waals surface area contributed by atoms with Gasteiger partial charge in [0.2, 0.25) is 12.7 Å². The number of hydrogen-bond donors (Lipinski definition) is 2. The number of carbonyl (C=O) groups excluding carboxylic acids is 1. The van der Waals surface area contributed by atoms with Gasteiger partial charge in [0.1, 0.15) is 0 Å². The molecule has 5 nitrogen and oxygen atoms in total. The Balaban J connectivity index is 0.00000128. The average molecular weight is 245 g/mol. The Labute approximate surface area is 99.3 Å². The van der Waals surface area contributed by atoms with E-state index in [2.05, 4.69) is 5.32 Å². The number of carbonyl (C=O) groups is 1. The molecule has 88 valence electrons. The van der Waals surface area contributed by atoms with Gasteiger partial charge in [-0.1, -0.05) is 0 Å². The molecule has 1 heterocycles. The highest BCUT2D eigenvalue weighted by atomic mass is 35.5. The molecule has 6 heteroatoms. The van der Waals surface area contributed by atoms with Crippen molar-refractivity contribution in [3.8, 4) is 11.5 Å². The summed E-state index contributed by atoms with van der Waals surface area (Å²) in [4.78, 5) is 11.3. The van der Waals surface area contributed by atoms with Crippen LogP contribution >= 0.6 is 12.4 Å². The van der Waals surface area contributed by atoms with Crippen molar-refractivity contribution in [3.05, 3.63) is 18.2 Å². The molecule has 0 saturated heterocycles. The zero-order valence-electron chi connectivity index (χ0n) is 8.73. The van der Waals surface area contributed by atoms with Crippen LogP contribution in [0.15, 0.2) is 18.2 Å². The second-order valence-electron chi connectivity index (χ2n) is 3.35. The molecule has 1 aromatic rings. The predicted octanol–water partition coefficient (Wildman–Crippen LogP) is 1.12. The molecule has 1 aliphatic rings. The van der Waals surface area contributed by atoms with Crippen molar-refractivity contribution in [2.45, 2.75) is 13.0 Å². The minimum absolute atomic E-state index is 0. The second-order valence-corrected chi connectivity index (χ2v) is 3.35. The standard InChI is InChI=1S/C10H12N2O3.ClH/c1-6(11)10(13)12-7-2-3-8-9(4-7)15-5-14-8;/h2-4,6H,5,11H2,1H3,(H,12,13);1H/t6-;/m1./s1. The van der Waals surface area contributed by atoms with Crippen molar-refractivity contribution in [3.63, 3.8) is 0 Å². The summed E-state index contributed by atoms with van der Waals surface area (Å²) in [6.07, 6.45) is 0. The maximum Gasteiger partial charge on any atom is 0.241 e. The monoisotopic (exact) mass is 244 g/mol. The maximum absolute atomic E-state index is 11.3. The molecule has 1 amide bonds. The number of fused-ring (bicyclic) bond motifs is 1. The van der Waals surface area contributed by atoms with Gasteiger partial charge in [0, 0.05) is 11.8 Å². The SMILES string of the molecule is C[C@@H](N)C(=O)Nc1ccc2c(c1)OCO2.Cl. The predicted molar refractivity (Wildman–Crippen MR) is 62.1 cm³/mol. The minimum Gasteiger partial charge on any atom is -0.454 e. The summed E-state index contributed by atoms with van der Waals surface area (Å²) >= 11 is 0. The van der Waals surface area contributed by atoms with Gasteiger partial charge in [-0.05, 0) is 19.1 Å². The third kappa shape index (κ3) is 2.56. The molecule has 2 rings (SSSR count). The molecule has 0 bridgehead atoms. The Morgan fingerprint density at radius 2 is 2.12 bits per heavy atom. The summed E-state index contributed by atoms with van der Waals surface area (Å²) in [5, 5.41) is 2.67. The van der Waals surface area contributed by atoms with Crippen molar-refractivity contribution in [1.29, 1.82) is 0 Å². The van der Waals surface area contributed by atoms with E-state index >= 15 is 0 Å². The normalized spacial score (nSPS) is 13.9. The molecule has 0 radical (unpaired) electrons. The molecule has 0 aromatic heterocycles. The first-order chi connectivity index (χ1) is 7.16. The zero-order valence-corrected chi connectivity index (χ0v) is 9.54. The van der Waals surface area contributed by atoms with E-state index in [4.69, 9.17) is 15.2 Å². The van der Waals surface area contributed by atoms with Crippen LogP contribution in [0.4, 0.5) is 5.69 Å². The van der Waals surface area contributed by atoms with Crippen molar-refractivity contribution in [2.75, 3.05) is 12.1 Å². The number of benzene rings is 1. The van der Waals surface area contributed by atoms with Gasteiger partial charge in [-0.15, -0.1) is 12.4 Å². The lowest BCUT2D eigenvalue weighted by atomic mass is 10.2. The largest absolute Gasteiger partial charge is 0.454 e. The highest BCUT2D eigenvalue weighted by molar-refractivity contribution is 5.94. The van der Waals surface area contributed by atoms with E-state index in [1.807, 2.05) is 0 Å². The number of halogens is 1. The third-order valence-electron chi connectivity index (χ3n) is 2.05. The molecule has 0 aliphatic carbocycles. The molecule has 0 saturated carbocycles. The summed E-state index contributed by atoms with van der Waals surface area (Å²) in [5.74, 6) is 1.10. The van der Waals surface area contributed by atoms with Crippen LogP contribution in [0.5, 0.6) is 11.5 Å². The quantitative estimate of drug-likeness (QED) is 0.818. The zero-order chi connectivity index (χ0) is 10.8. The topological polar surface area (TPSA) is 73.6 Å². The second kappa shape index (κ2) is 5.05. The van der Waals surface area contributed by atoms with Crippen LogP contribution < -0.4 is 20.5 Å². The lowest BCUT2D eigenvalue weighted by Gasteiger charge is -2.07. The number of hydrogen-bond acceptors (Lipinski definition) is 4. The first-order valence-corrected chi connectivity index (χ1v) is 4.63. The number of ether oxygens (including phenoxy) is 2. The number of rotatable bonds is 2. The van der Waals surface area contributed by atoms with Gasteiger partial charge in [0.15, 0.2) is 11.5 Å². The summed E-state index contributed by atoms with van der Waals surface area (Å²) in [7, 11) is 0. The van der Waals surface area contributed by atoms with Gasteiger partial charge < -0.3 is 20.5 Å². The number of anilines is 1. The molecule has 1 atom stereocenters.